The summed E-state index contributed by atoms with van der Waals surface area (Å²) < 4.78 is 10.8. The summed E-state index contributed by atoms with van der Waals surface area (Å²) in [5.74, 6) is -4.18. The molecular weight excluding hydrogens is 857 g/mol. The van der Waals surface area contributed by atoms with Crippen LogP contribution in [0, 0.1) is 0 Å². The van der Waals surface area contributed by atoms with E-state index >= 15 is 0 Å². The van der Waals surface area contributed by atoms with E-state index in [1.807, 2.05) is 0 Å². The Balaban J connectivity index is 2.12. The number of carbonyl (C=O) groups excluding carboxylic acids is 7. The van der Waals surface area contributed by atoms with E-state index < -0.39 is 83.1 Å². The van der Waals surface area contributed by atoms with E-state index in [2.05, 4.69) is 37.2 Å². The molecule has 2 aromatic carbocycles. The topological polar surface area (TPSA) is 341 Å². The van der Waals surface area contributed by atoms with Gasteiger partial charge in [0.05, 0.1) is 0 Å². The number of carbonyl (C=O) groups is 7. The van der Waals surface area contributed by atoms with Gasteiger partial charge in [0.15, 0.2) is 0 Å². The van der Waals surface area contributed by atoms with E-state index in [0.717, 1.165) is 0 Å². The summed E-state index contributed by atoms with van der Waals surface area (Å²) in [5, 5.41) is 40.7. The first-order valence-electron chi connectivity index (χ1n) is 22.2. The molecule has 1 aliphatic rings. The Kier molecular flexibility index (Phi) is 20.9. The summed E-state index contributed by atoms with van der Waals surface area (Å²) in [6.07, 6.45) is -1.33. The molecule has 0 saturated heterocycles. The van der Waals surface area contributed by atoms with Crippen LogP contribution in [0.3, 0.4) is 0 Å². The largest absolute Gasteiger partial charge is 0.508 e. The Hall–Kier alpha value is -6.19. The first-order chi connectivity index (χ1) is 31.0. The van der Waals surface area contributed by atoms with Crippen LogP contribution in [-0.2, 0) is 46.3 Å². The molecule has 3 rings (SSSR count). The number of nitrogens with two attached hydrogens (primary N) is 3. The second-order valence-corrected chi connectivity index (χ2v) is 18.1. The molecule has 1 aliphatic heterocycles. The van der Waals surface area contributed by atoms with Gasteiger partial charge in [-0.15, -0.1) is 0 Å². The zero-order valence-corrected chi connectivity index (χ0v) is 38.8. The molecule has 21 heteroatoms. The molecule has 0 saturated carbocycles. The van der Waals surface area contributed by atoms with Crippen LogP contribution < -0.4 is 54.4 Å². The third kappa shape index (κ3) is 18.4. The molecule has 0 aromatic heterocycles. The van der Waals surface area contributed by atoms with Gasteiger partial charge in [-0.1, -0.05) is 12.1 Å². The second kappa shape index (κ2) is 25.5. The lowest BCUT2D eigenvalue weighted by Crippen LogP contribution is -2.60. The molecule has 0 aliphatic carbocycles. The Bertz CT molecular complexity index is 2000. The highest BCUT2D eigenvalue weighted by Crippen LogP contribution is 2.31. The number of nitrogens with one attached hydrogen (secondary N) is 7. The van der Waals surface area contributed by atoms with Crippen LogP contribution in [-0.4, -0.2) is 126 Å². The van der Waals surface area contributed by atoms with Gasteiger partial charge in [-0.05, 0) is 140 Å². The molecule has 66 heavy (non-hydrogen) atoms. The van der Waals surface area contributed by atoms with Gasteiger partial charge in [0.1, 0.15) is 52.9 Å². The minimum atomic E-state index is -1.50. The van der Waals surface area contributed by atoms with E-state index in [-0.39, 0.29) is 100 Å². The Morgan fingerprint density at radius 2 is 1.23 bits per heavy atom. The monoisotopic (exact) mass is 927 g/mol. The highest BCUT2D eigenvalue weighted by Gasteiger charge is 2.34. The lowest BCUT2D eigenvalue weighted by atomic mass is 9.95. The number of phenolic OH excluding ortho intramolecular Hbond substituents is 2. The van der Waals surface area contributed by atoms with Crippen molar-refractivity contribution in [1.29, 1.82) is 0 Å². The number of fused-ring (bicyclic) bond motifs is 5. The van der Waals surface area contributed by atoms with E-state index in [1.165, 1.54) is 12.1 Å². The number of hydrogen-bond acceptors (Lipinski definition) is 14. The van der Waals surface area contributed by atoms with Crippen LogP contribution in [0.1, 0.15) is 91.2 Å². The Morgan fingerprint density at radius 3 is 1.77 bits per heavy atom. The zero-order valence-electron chi connectivity index (χ0n) is 38.8. The van der Waals surface area contributed by atoms with Gasteiger partial charge >= 0.3 is 12.2 Å². The van der Waals surface area contributed by atoms with Gasteiger partial charge in [-0.25, -0.2) is 9.59 Å². The van der Waals surface area contributed by atoms with Crippen molar-refractivity contribution in [2.45, 2.75) is 134 Å². The standard InChI is InChI=1S/C45H70N10O11/c1-44(2,3)65-42(63)50-20-9-12-32-39(60)54-33(40(61)52-31(11-8-18-47)38(59)51-30(10-7-17-46)37(58)49-21-19-48)24-28-22-26(13-15-35(28)56)27-14-16-36(57)29(23-27)25-34(41(62)53-32)55-43(64)66-45(4,5)6/h13-16,22-23,30-34,56-57H,7-12,17-21,24-25,46-48H2,1-6H3,(H,49,58)(H,50,63)(H,51,59)(H,52,61)(H,53,62)(H,54,60)(H,55,64)/t30-,31-,32-,33-,34-/m0/s1. The number of benzene rings is 2. The molecule has 4 bridgehead atoms. The van der Waals surface area contributed by atoms with Crippen molar-refractivity contribution < 1.29 is 53.2 Å². The van der Waals surface area contributed by atoms with Gasteiger partial charge in [-0.3, -0.25) is 24.0 Å². The average Bonchev–Trinajstić information content (AvgIpc) is 3.23. The number of amides is 7. The number of alkyl carbamates (subject to hydrolysis) is 2. The van der Waals surface area contributed by atoms with Crippen molar-refractivity contribution >= 4 is 41.7 Å². The third-order valence-electron chi connectivity index (χ3n) is 10.1. The molecule has 21 nitrogen and oxygen atoms in total. The van der Waals surface area contributed by atoms with Crippen LogP contribution in [0.4, 0.5) is 9.59 Å². The van der Waals surface area contributed by atoms with E-state index in [4.69, 9.17) is 26.7 Å². The lowest BCUT2D eigenvalue weighted by Gasteiger charge is -2.28. The van der Waals surface area contributed by atoms with Gasteiger partial charge in [0, 0.05) is 32.5 Å². The maximum Gasteiger partial charge on any atom is 0.408 e. The van der Waals surface area contributed by atoms with Crippen LogP contribution in [0.15, 0.2) is 36.4 Å². The fraction of sp³-hybridized carbons (Fsp3) is 0.578. The number of hydrogen-bond donors (Lipinski definition) is 12. The van der Waals surface area contributed by atoms with Crippen LogP contribution >= 0.6 is 0 Å². The van der Waals surface area contributed by atoms with Crippen molar-refractivity contribution in [3.8, 4) is 22.6 Å². The molecule has 15 N–H and O–H groups in total. The maximum absolute atomic E-state index is 14.5. The number of phenols is 2. The molecule has 0 radical (unpaired) electrons. The van der Waals surface area contributed by atoms with Crippen molar-refractivity contribution in [3.63, 3.8) is 0 Å². The molecule has 366 valence electrons. The number of ether oxygens (including phenoxy) is 2. The molecule has 5 atom stereocenters. The first kappa shape index (κ1) is 54.1. The first-order valence-corrected chi connectivity index (χ1v) is 22.2. The summed E-state index contributed by atoms with van der Waals surface area (Å²) >= 11 is 0. The summed E-state index contributed by atoms with van der Waals surface area (Å²) in [6.45, 7) is 10.7. The normalized spacial score (nSPS) is 17.6. The number of rotatable bonds is 18. The molecule has 7 amide bonds. The van der Waals surface area contributed by atoms with Crippen molar-refractivity contribution in [3.05, 3.63) is 47.5 Å². The maximum atomic E-state index is 14.5. The SMILES string of the molecule is CC(C)(C)OC(=O)NCCC[C@@H]1NC(=O)[C@@H](NC(=O)OC(C)(C)C)Cc2cc(ccc2O)-c2ccc(O)c(c2)C[C@@H](C(=O)N[C@@H](CCCN)C(=O)N[C@@H](CCCN)C(=O)NCCN)NC1=O. The molecule has 2 aromatic rings. The van der Waals surface area contributed by atoms with Crippen molar-refractivity contribution in [1.82, 2.24) is 37.2 Å². The third-order valence-corrected chi connectivity index (χ3v) is 10.1. The lowest BCUT2D eigenvalue weighted by molar-refractivity contribution is -0.135. The zero-order chi connectivity index (χ0) is 49.2. The number of aromatic hydroxyl groups is 2. The van der Waals surface area contributed by atoms with Crippen molar-refractivity contribution in [2.75, 3.05) is 32.7 Å². The molecule has 1 heterocycles. The summed E-state index contributed by atoms with van der Waals surface area (Å²) in [4.78, 5) is 95.6. The summed E-state index contributed by atoms with van der Waals surface area (Å²) in [6, 6.07) is 2.64. The van der Waals surface area contributed by atoms with Gasteiger partial charge < -0.3 is 74.1 Å². The van der Waals surface area contributed by atoms with Crippen LogP contribution in [0.2, 0.25) is 0 Å². The van der Waals surface area contributed by atoms with Crippen LogP contribution in [0.5, 0.6) is 11.5 Å². The van der Waals surface area contributed by atoms with Gasteiger partial charge in [-0.2, -0.15) is 0 Å². The minimum absolute atomic E-state index is 0.00779. The minimum Gasteiger partial charge on any atom is -0.508 e. The Morgan fingerprint density at radius 1 is 0.682 bits per heavy atom. The van der Waals surface area contributed by atoms with E-state index in [9.17, 15) is 43.8 Å². The Labute approximate surface area is 385 Å². The van der Waals surface area contributed by atoms with E-state index in [1.54, 1.807) is 65.8 Å². The molecule has 0 unspecified atom stereocenters. The second-order valence-electron chi connectivity index (χ2n) is 18.1. The molecule has 0 fully saturated rings. The molecular formula is C45H70N10O11. The van der Waals surface area contributed by atoms with Crippen LogP contribution in [0.25, 0.3) is 11.1 Å². The summed E-state index contributed by atoms with van der Waals surface area (Å²) in [5.41, 5.74) is 16.9. The van der Waals surface area contributed by atoms with Gasteiger partial charge in [0.2, 0.25) is 29.5 Å². The summed E-state index contributed by atoms with van der Waals surface area (Å²) in [7, 11) is 0. The van der Waals surface area contributed by atoms with Crippen molar-refractivity contribution in [2.24, 2.45) is 17.2 Å². The fourth-order valence-corrected chi connectivity index (χ4v) is 6.83. The fourth-order valence-electron chi connectivity index (χ4n) is 6.83. The highest BCUT2D eigenvalue weighted by atomic mass is 16.6. The predicted octanol–water partition coefficient (Wildman–Crippen LogP) is 0.554. The molecule has 0 spiro atoms. The highest BCUT2D eigenvalue weighted by molar-refractivity contribution is 5.96. The van der Waals surface area contributed by atoms with E-state index in [0.29, 0.717) is 17.5 Å². The predicted molar refractivity (Wildman–Crippen MR) is 246 cm³/mol. The average molecular weight is 927 g/mol. The quantitative estimate of drug-likeness (QED) is 0.0910. The van der Waals surface area contributed by atoms with Gasteiger partial charge in [0.25, 0.3) is 0 Å². The smallest absolute Gasteiger partial charge is 0.408 e.